The van der Waals surface area contributed by atoms with Crippen LogP contribution in [0.1, 0.15) is 22.8 Å². The predicted molar refractivity (Wildman–Crippen MR) is 57.0 cm³/mol. The van der Waals surface area contributed by atoms with Crippen molar-refractivity contribution in [3.05, 3.63) is 35.4 Å². The molecule has 0 amide bonds. The summed E-state index contributed by atoms with van der Waals surface area (Å²) in [6.45, 7) is 2.69. The van der Waals surface area contributed by atoms with Crippen molar-refractivity contribution >= 4 is 13.4 Å². The van der Waals surface area contributed by atoms with Gasteiger partial charge in [-0.3, -0.25) is 9.36 Å². The summed E-state index contributed by atoms with van der Waals surface area (Å²) in [6.07, 6.45) is 0. The van der Waals surface area contributed by atoms with Crippen LogP contribution >= 0.6 is 7.60 Å². The molecule has 0 aliphatic rings. The minimum Gasteiger partial charge on any atom is -0.324 e. The van der Waals surface area contributed by atoms with Gasteiger partial charge < -0.3 is 9.42 Å². The molecule has 1 aromatic rings. The highest BCUT2D eigenvalue weighted by Crippen LogP contribution is 2.37. The second kappa shape index (κ2) is 4.71. The Balaban J connectivity index is 2.65. The first-order valence-electron chi connectivity index (χ1n) is 4.43. The van der Waals surface area contributed by atoms with Crippen molar-refractivity contribution < 1.29 is 18.8 Å². The Morgan fingerprint density at radius 1 is 1.40 bits per heavy atom. The van der Waals surface area contributed by atoms with Gasteiger partial charge in [0.15, 0.2) is 5.78 Å². The zero-order valence-corrected chi connectivity index (χ0v) is 9.53. The van der Waals surface area contributed by atoms with Gasteiger partial charge >= 0.3 is 7.60 Å². The highest BCUT2D eigenvalue weighted by atomic mass is 31.2. The number of carbonyl (C=O) groups is 1. The van der Waals surface area contributed by atoms with Crippen LogP contribution in [0, 0.1) is 0 Å². The molecule has 0 aliphatic heterocycles. The number of benzene rings is 1. The molecular weight excluding hydrogens is 215 g/mol. The van der Waals surface area contributed by atoms with Gasteiger partial charge in [0.1, 0.15) is 0 Å². The van der Waals surface area contributed by atoms with Gasteiger partial charge in [0, 0.05) is 12.2 Å². The standard InChI is InChI=1S/C10H13O4P/c1-8(11)10-5-3-9(4-6-10)7-14-15(2,12)13/h3-6H,7H2,1-2H3,(H,12,13). The molecule has 0 aliphatic carbocycles. The van der Waals surface area contributed by atoms with E-state index in [1.54, 1.807) is 24.3 Å². The van der Waals surface area contributed by atoms with Crippen molar-refractivity contribution in [1.82, 2.24) is 0 Å². The lowest BCUT2D eigenvalue weighted by Crippen LogP contribution is -1.94. The van der Waals surface area contributed by atoms with E-state index in [2.05, 4.69) is 0 Å². The first-order valence-corrected chi connectivity index (χ1v) is 6.45. The van der Waals surface area contributed by atoms with E-state index in [9.17, 15) is 9.36 Å². The summed E-state index contributed by atoms with van der Waals surface area (Å²) in [4.78, 5) is 19.9. The third kappa shape index (κ3) is 4.38. The van der Waals surface area contributed by atoms with Crippen molar-refractivity contribution in [3.63, 3.8) is 0 Å². The molecule has 0 fully saturated rings. The summed E-state index contributed by atoms with van der Waals surface area (Å²) in [6, 6.07) is 6.73. The molecule has 1 atom stereocenters. The lowest BCUT2D eigenvalue weighted by Gasteiger charge is -2.06. The molecule has 0 aromatic heterocycles. The Kier molecular flexibility index (Phi) is 3.80. The Hall–Kier alpha value is -0.960. The van der Waals surface area contributed by atoms with Crippen molar-refractivity contribution in [2.45, 2.75) is 13.5 Å². The fraction of sp³-hybridized carbons (Fsp3) is 0.300. The van der Waals surface area contributed by atoms with Crippen LogP contribution in [-0.4, -0.2) is 17.3 Å². The average molecular weight is 228 g/mol. The highest BCUT2D eigenvalue weighted by Gasteiger charge is 2.09. The minimum atomic E-state index is -3.43. The first-order chi connectivity index (χ1) is 6.88. The zero-order valence-electron chi connectivity index (χ0n) is 8.64. The summed E-state index contributed by atoms with van der Waals surface area (Å²) in [5.41, 5.74) is 1.37. The molecule has 0 heterocycles. The number of carbonyl (C=O) groups excluding carboxylic acids is 1. The second-order valence-corrected chi connectivity index (χ2v) is 5.19. The van der Waals surface area contributed by atoms with Gasteiger partial charge in [-0.1, -0.05) is 24.3 Å². The summed E-state index contributed by atoms with van der Waals surface area (Å²) in [7, 11) is -3.43. The van der Waals surface area contributed by atoms with E-state index in [-0.39, 0.29) is 12.4 Å². The summed E-state index contributed by atoms with van der Waals surface area (Å²) < 4.78 is 15.6. The fourth-order valence-corrected chi connectivity index (χ4v) is 1.42. The molecule has 0 radical (unpaired) electrons. The largest absolute Gasteiger partial charge is 0.325 e. The molecule has 4 nitrogen and oxygen atoms in total. The third-order valence-electron chi connectivity index (χ3n) is 1.83. The maximum absolute atomic E-state index is 11.0. The molecule has 1 unspecified atom stereocenters. The van der Waals surface area contributed by atoms with Crippen LogP contribution in [0.5, 0.6) is 0 Å². The van der Waals surface area contributed by atoms with Gasteiger partial charge in [0.05, 0.1) is 6.61 Å². The Bertz CT molecular complexity index is 390. The molecule has 82 valence electrons. The Morgan fingerprint density at radius 3 is 2.33 bits per heavy atom. The van der Waals surface area contributed by atoms with Crippen LogP contribution in [0.25, 0.3) is 0 Å². The third-order valence-corrected chi connectivity index (χ3v) is 2.44. The number of hydrogen-bond donors (Lipinski definition) is 1. The van der Waals surface area contributed by atoms with Gasteiger partial charge in [-0.2, -0.15) is 0 Å². The second-order valence-electron chi connectivity index (χ2n) is 3.33. The lowest BCUT2D eigenvalue weighted by molar-refractivity contribution is 0.101. The number of hydrogen-bond acceptors (Lipinski definition) is 3. The number of Topliss-reactive ketones (excluding diaryl/α,β-unsaturated/α-hetero) is 1. The van der Waals surface area contributed by atoms with Gasteiger partial charge in [0.2, 0.25) is 0 Å². The Morgan fingerprint density at radius 2 is 1.93 bits per heavy atom. The Labute approximate surface area is 88.4 Å². The molecule has 1 N–H and O–H groups in total. The van der Waals surface area contributed by atoms with E-state index in [4.69, 9.17) is 9.42 Å². The van der Waals surface area contributed by atoms with E-state index in [0.717, 1.165) is 12.2 Å². The molecule has 1 aromatic carbocycles. The number of rotatable bonds is 4. The highest BCUT2D eigenvalue weighted by molar-refractivity contribution is 7.51. The van der Waals surface area contributed by atoms with Gasteiger partial charge in [0.25, 0.3) is 0 Å². The lowest BCUT2D eigenvalue weighted by atomic mass is 10.1. The van der Waals surface area contributed by atoms with E-state index < -0.39 is 7.60 Å². The smallest absolute Gasteiger partial charge is 0.324 e. The van der Waals surface area contributed by atoms with Crippen LogP contribution in [0.2, 0.25) is 0 Å². The van der Waals surface area contributed by atoms with E-state index in [0.29, 0.717) is 5.56 Å². The van der Waals surface area contributed by atoms with Gasteiger partial charge in [-0.25, -0.2) is 0 Å². The van der Waals surface area contributed by atoms with E-state index in [1.165, 1.54) is 6.92 Å². The topological polar surface area (TPSA) is 63.6 Å². The molecule has 15 heavy (non-hydrogen) atoms. The van der Waals surface area contributed by atoms with Crippen molar-refractivity contribution in [1.29, 1.82) is 0 Å². The van der Waals surface area contributed by atoms with Crippen LogP contribution < -0.4 is 0 Å². The van der Waals surface area contributed by atoms with Crippen LogP contribution in [0.3, 0.4) is 0 Å². The molecule has 0 saturated carbocycles. The van der Waals surface area contributed by atoms with Crippen LogP contribution in [0.4, 0.5) is 0 Å². The molecule has 1 rings (SSSR count). The monoisotopic (exact) mass is 228 g/mol. The summed E-state index contributed by atoms with van der Waals surface area (Å²) in [5, 5.41) is 0. The molecule has 0 saturated heterocycles. The predicted octanol–water partition coefficient (Wildman–Crippen LogP) is 2.22. The normalized spacial score (nSPS) is 14.6. The van der Waals surface area contributed by atoms with E-state index in [1.807, 2.05) is 0 Å². The van der Waals surface area contributed by atoms with E-state index >= 15 is 0 Å². The summed E-state index contributed by atoms with van der Waals surface area (Å²) >= 11 is 0. The number of ketones is 1. The van der Waals surface area contributed by atoms with Crippen LogP contribution in [0.15, 0.2) is 24.3 Å². The van der Waals surface area contributed by atoms with Gasteiger partial charge in [-0.05, 0) is 12.5 Å². The SMILES string of the molecule is CC(=O)c1ccc(COP(C)(=O)O)cc1. The fourth-order valence-electron chi connectivity index (χ4n) is 1.03. The maximum atomic E-state index is 11.0. The van der Waals surface area contributed by atoms with Crippen molar-refractivity contribution in [2.75, 3.05) is 6.66 Å². The van der Waals surface area contributed by atoms with Crippen molar-refractivity contribution in [2.24, 2.45) is 0 Å². The molecular formula is C10H13O4P. The van der Waals surface area contributed by atoms with Gasteiger partial charge in [-0.15, -0.1) is 0 Å². The van der Waals surface area contributed by atoms with Crippen LogP contribution in [-0.2, 0) is 15.7 Å². The summed E-state index contributed by atoms with van der Waals surface area (Å²) in [5.74, 6) is -0.00853. The average Bonchev–Trinajstić information content (AvgIpc) is 2.14. The minimum absolute atomic E-state index is 0.00853. The molecule has 0 bridgehead atoms. The first kappa shape index (κ1) is 12.1. The zero-order chi connectivity index (χ0) is 11.5. The quantitative estimate of drug-likeness (QED) is 0.634. The maximum Gasteiger partial charge on any atom is 0.325 e. The molecule has 5 heteroatoms. The van der Waals surface area contributed by atoms with Crippen molar-refractivity contribution in [3.8, 4) is 0 Å². The molecule has 0 spiro atoms.